The summed E-state index contributed by atoms with van der Waals surface area (Å²) in [7, 11) is -2.17. The second-order valence-corrected chi connectivity index (χ2v) is 0.346. The van der Waals surface area contributed by atoms with Crippen LogP contribution in [0.15, 0.2) is 0 Å². The molecule has 0 aliphatic rings. The van der Waals surface area contributed by atoms with Crippen LogP contribution in [0.4, 0.5) is 0 Å². The molecule has 5 heteroatoms. The predicted octanol–water partition coefficient (Wildman–Crippen LogP) is -3.50. The molecule has 32 valence electrons. The second kappa shape index (κ2) is 4.87. The van der Waals surface area contributed by atoms with Crippen LogP contribution in [-0.2, 0) is 0 Å². The van der Waals surface area contributed by atoms with E-state index in [2.05, 4.69) is 0 Å². The Bertz CT molecular complexity index is 11.6. The number of hydrogen-bond donors (Lipinski definition) is 3. The molecular formula is H7BO3Pb. The average molecular weight is 273 g/mol. The van der Waals surface area contributed by atoms with Crippen molar-refractivity contribution in [3.8, 4) is 0 Å². The van der Waals surface area contributed by atoms with Crippen molar-refractivity contribution in [2.45, 2.75) is 0 Å². The molecule has 0 saturated carbocycles. The predicted molar refractivity (Wildman–Crippen MR) is 23.7 cm³/mol. The molecule has 0 bridgehead atoms. The molecule has 0 rings (SSSR count). The summed E-state index contributed by atoms with van der Waals surface area (Å²) in [5.41, 5.74) is 0. The summed E-state index contributed by atoms with van der Waals surface area (Å²) in [6, 6.07) is 0. The van der Waals surface area contributed by atoms with E-state index in [9.17, 15) is 0 Å². The molecule has 0 radical (unpaired) electrons. The zero-order valence-corrected chi connectivity index (χ0v) is 1.92. The summed E-state index contributed by atoms with van der Waals surface area (Å²) >= 11 is 0. The van der Waals surface area contributed by atoms with Gasteiger partial charge in [0.1, 0.15) is 0 Å². The summed E-state index contributed by atoms with van der Waals surface area (Å²) in [6.07, 6.45) is 0. The fourth-order valence-corrected chi connectivity index (χ4v) is 0. The molecule has 0 aliphatic carbocycles. The first-order valence-corrected chi connectivity index (χ1v) is 0.775. The first-order chi connectivity index (χ1) is 1.73. The quantitative estimate of drug-likeness (QED) is 0.401. The van der Waals surface area contributed by atoms with Crippen molar-refractivity contribution in [2.75, 3.05) is 0 Å². The molecule has 0 spiro atoms. The summed E-state index contributed by atoms with van der Waals surface area (Å²) in [5, 5.41) is 21.5. The van der Waals surface area contributed by atoms with E-state index < -0.39 is 7.32 Å². The van der Waals surface area contributed by atoms with Gasteiger partial charge in [0.25, 0.3) is 0 Å². The fraction of sp³-hybridized carbons (Fsp3) is 0. The van der Waals surface area contributed by atoms with E-state index in [4.69, 9.17) is 15.1 Å². The molecule has 0 amide bonds. The molecule has 0 saturated heterocycles. The van der Waals surface area contributed by atoms with Gasteiger partial charge in [-0.3, -0.25) is 0 Å². The third-order valence-electron chi connectivity index (χ3n) is 0. The molecule has 5 heavy (non-hydrogen) atoms. The molecule has 0 aliphatic heterocycles. The normalized spacial score (nSPS) is 5.40. The van der Waals surface area contributed by atoms with E-state index in [0.717, 1.165) is 0 Å². The zero-order valence-electron chi connectivity index (χ0n) is 1.92. The van der Waals surface area contributed by atoms with Crippen molar-refractivity contribution in [1.29, 1.82) is 0 Å². The molecule has 0 aromatic carbocycles. The van der Waals surface area contributed by atoms with Crippen LogP contribution < -0.4 is 0 Å². The summed E-state index contributed by atoms with van der Waals surface area (Å²) in [5.74, 6) is 0. The van der Waals surface area contributed by atoms with Crippen molar-refractivity contribution in [3.63, 3.8) is 0 Å². The van der Waals surface area contributed by atoms with E-state index in [-0.39, 0.29) is 27.3 Å². The van der Waals surface area contributed by atoms with Crippen molar-refractivity contribution >= 4 is 34.6 Å². The van der Waals surface area contributed by atoms with Gasteiger partial charge in [0.15, 0.2) is 0 Å². The van der Waals surface area contributed by atoms with Gasteiger partial charge in [-0.2, -0.15) is 0 Å². The molecular weight excluding hydrogens is 266 g/mol. The third kappa shape index (κ3) is 53.2. The Hall–Kier alpha value is 0.867. The van der Waals surface area contributed by atoms with Crippen LogP contribution in [0.2, 0.25) is 0 Å². The topological polar surface area (TPSA) is 60.7 Å². The SMILES string of the molecule is OB(O)O.[PbH4]. The molecule has 0 aromatic rings. The summed E-state index contributed by atoms with van der Waals surface area (Å²) in [6.45, 7) is 0. The first-order valence-electron chi connectivity index (χ1n) is 0.775. The third-order valence-corrected chi connectivity index (χ3v) is 0. The Balaban J connectivity index is 0. The van der Waals surface area contributed by atoms with Gasteiger partial charge in [-0.15, -0.1) is 0 Å². The molecule has 0 heterocycles. The standard InChI is InChI=1S/BH3O3.Pb.4H/c2-1(3)4;;;;;/h2-4H;;;;;. The second-order valence-electron chi connectivity index (χ2n) is 0.346. The molecule has 0 aromatic heterocycles. The Labute approximate surface area is 50.0 Å². The Kier molecular flexibility index (Phi) is 9.05. The molecule has 0 fully saturated rings. The van der Waals surface area contributed by atoms with Gasteiger partial charge in [-0.05, 0) is 0 Å². The van der Waals surface area contributed by atoms with Crippen LogP contribution in [0.3, 0.4) is 0 Å². The van der Waals surface area contributed by atoms with Crippen molar-refractivity contribution in [3.05, 3.63) is 0 Å². The Morgan fingerprint density at radius 3 is 1.00 bits per heavy atom. The van der Waals surface area contributed by atoms with Gasteiger partial charge in [-0.25, -0.2) is 0 Å². The minimum absolute atomic E-state index is 0. The summed E-state index contributed by atoms with van der Waals surface area (Å²) < 4.78 is 0. The van der Waals surface area contributed by atoms with E-state index >= 15 is 0 Å². The van der Waals surface area contributed by atoms with Crippen LogP contribution >= 0.6 is 0 Å². The van der Waals surface area contributed by atoms with Crippen molar-refractivity contribution < 1.29 is 15.1 Å². The van der Waals surface area contributed by atoms with E-state index in [1.165, 1.54) is 0 Å². The fourth-order valence-electron chi connectivity index (χ4n) is 0. The molecule has 0 atom stereocenters. The van der Waals surface area contributed by atoms with Gasteiger partial charge in [-0.1, -0.05) is 0 Å². The van der Waals surface area contributed by atoms with Crippen molar-refractivity contribution in [2.24, 2.45) is 0 Å². The van der Waals surface area contributed by atoms with Crippen LogP contribution in [0.5, 0.6) is 0 Å². The number of hydrogen-bond acceptors (Lipinski definition) is 3. The van der Waals surface area contributed by atoms with Gasteiger partial charge in [0.2, 0.25) is 0 Å². The van der Waals surface area contributed by atoms with Gasteiger partial charge >= 0.3 is 34.6 Å². The Morgan fingerprint density at radius 2 is 1.00 bits per heavy atom. The monoisotopic (exact) mass is 274 g/mol. The van der Waals surface area contributed by atoms with E-state index in [0.29, 0.717) is 0 Å². The van der Waals surface area contributed by atoms with Crippen molar-refractivity contribution in [1.82, 2.24) is 0 Å². The van der Waals surface area contributed by atoms with Crippen LogP contribution in [-0.4, -0.2) is 49.7 Å². The van der Waals surface area contributed by atoms with Crippen LogP contribution in [0, 0.1) is 0 Å². The van der Waals surface area contributed by atoms with Gasteiger partial charge in [0.05, 0.1) is 0 Å². The van der Waals surface area contributed by atoms with Gasteiger partial charge < -0.3 is 15.1 Å². The summed E-state index contributed by atoms with van der Waals surface area (Å²) in [4.78, 5) is 0. The molecule has 3 nitrogen and oxygen atoms in total. The van der Waals surface area contributed by atoms with Crippen LogP contribution in [0.1, 0.15) is 0 Å². The molecule has 3 N–H and O–H groups in total. The van der Waals surface area contributed by atoms with E-state index in [1.54, 1.807) is 0 Å². The maximum atomic E-state index is 7.17. The number of rotatable bonds is 0. The maximum absolute atomic E-state index is 7.17. The Morgan fingerprint density at radius 1 is 1.00 bits per heavy atom. The minimum atomic E-state index is -2.17. The first kappa shape index (κ1) is 9.29. The molecule has 0 unspecified atom stereocenters. The van der Waals surface area contributed by atoms with E-state index in [1.807, 2.05) is 0 Å². The van der Waals surface area contributed by atoms with Crippen LogP contribution in [0.25, 0.3) is 0 Å². The zero-order chi connectivity index (χ0) is 3.58. The van der Waals surface area contributed by atoms with Gasteiger partial charge in [0, 0.05) is 0 Å². The average Bonchev–Trinajstić information content (AvgIpc) is 0.811.